The highest BCUT2D eigenvalue weighted by Gasteiger charge is 2.32. The van der Waals surface area contributed by atoms with E-state index < -0.39 is 12.2 Å². The maximum Gasteiger partial charge on any atom is 0.243 e. The van der Waals surface area contributed by atoms with Crippen LogP contribution >= 0.6 is 23.2 Å². The molecule has 39 heavy (non-hydrogen) atoms. The predicted octanol–water partition coefficient (Wildman–Crippen LogP) is 4.22. The molecule has 2 aromatic carbocycles. The summed E-state index contributed by atoms with van der Waals surface area (Å²) in [5.74, 6) is -0.700. The highest BCUT2D eigenvalue weighted by atomic mass is 35.5. The Hall–Kier alpha value is -2.99. The molecule has 10 nitrogen and oxygen atoms in total. The van der Waals surface area contributed by atoms with Crippen molar-refractivity contribution < 1.29 is 29.4 Å². The molecular formula is C27H30Cl2N4O6. The van der Waals surface area contributed by atoms with Gasteiger partial charge < -0.3 is 24.5 Å². The summed E-state index contributed by atoms with van der Waals surface area (Å²) < 4.78 is 14.4. The molecule has 12 heteroatoms. The number of carbonyl (C=O) groups excluding carboxylic acids is 2. The molecule has 0 spiro atoms. The number of aromatic nitrogens is 2. The van der Waals surface area contributed by atoms with Crippen LogP contribution in [-0.2, 0) is 38.8 Å². The minimum atomic E-state index is -0.648. The van der Waals surface area contributed by atoms with Crippen molar-refractivity contribution in [3.8, 4) is 0 Å². The number of carbonyl (C=O) groups is 2. The van der Waals surface area contributed by atoms with Gasteiger partial charge in [-0.3, -0.25) is 14.8 Å². The molecule has 208 valence electrons. The second kappa shape index (κ2) is 13.9. The number of ether oxygens (including phenoxy) is 2. The molecule has 0 aliphatic carbocycles. The van der Waals surface area contributed by atoms with Crippen molar-refractivity contribution in [2.75, 3.05) is 0 Å². The number of aliphatic hydroxyl groups is 1. The second-order valence-corrected chi connectivity index (χ2v) is 9.95. The molecule has 0 radical (unpaired) electrons. The number of imidazole rings is 1. The fraction of sp³-hybridized carbons (Fsp3) is 0.370. The van der Waals surface area contributed by atoms with Crippen molar-refractivity contribution in [1.29, 1.82) is 0 Å². The van der Waals surface area contributed by atoms with Gasteiger partial charge in [-0.25, -0.2) is 10.5 Å². The van der Waals surface area contributed by atoms with Crippen LogP contribution < -0.4 is 10.8 Å². The highest BCUT2D eigenvalue weighted by molar-refractivity contribution is 6.40. The van der Waals surface area contributed by atoms with E-state index in [0.717, 1.165) is 22.3 Å². The Kier molecular flexibility index (Phi) is 10.3. The molecule has 3 unspecified atom stereocenters. The van der Waals surface area contributed by atoms with Gasteiger partial charge in [-0.05, 0) is 23.1 Å². The molecule has 4 N–H and O–H groups in total. The summed E-state index contributed by atoms with van der Waals surface area (Å²) >= 11 is 12.3. The van der Waals surface area contributed by atoms with Crippen LogP contribution in [0.1, 0.15) is 60.3 Å². The third-order valence-electron chi connectivity index (χ3n) is 6.42. The van der Waals surface area contributed by atoms with Crippen molar-refractivity contribution in [2.45, 2.75) is 63.9 Å². The van der Waals surface area contributed by atoms with Crippen LogP contribution in [0, 0.1) is 0 Å². The summed E-state index contributed by atoms with van der Waals surface area (Å²) in [5.41, 5.74) is 5.04. The van der Waals surface area contributed by atoms with Gasteiger partial charge in [0.05, 0.1) is 31.7 Å². The summed E-state index contributed by atoms with van der Waals surface area (Å²) in [6.07, 6.45) is 1.60. The van der Waals surface area contributed by atoms with Crippen molar-refractivity contribution >= 4 is 35.0 Å². The third-order valence-corrected chi connectivity index (χ3v) is 7.19. The maximum atomic E-state index is 12.0. The Labute approximate surface area is 235 Å². The van der Waals surface area contributed by atoms with Gasteiger partial charge in [0.15, 0.2) is 11.4 Å². The normalized spacial score (nSPS) is 19.0. The van der Waals surface area contributed by atoms with E-state index >= 15 is 0 Å². The Morgan fingerprint density at radius 3 is 2.28 bits per heavy atom. The van der Waals surface area contributed by atoms with Crippen molar-refractivity contribution in [3.05, 3.63) is 87.4 Å². The lowest BCUT2D eigenvalue weighted by molar-refractivity contribution is -0.252. The van der Waals surface area contributed by atoms with Gasteiger partial charge >= 0.3 is 0 Å². The maximum absolute atomic E-state index is 12.0. The molecule has 1 aliphatic heterocycles. The molecule has 1 saturated heterocycles. The van der Waals surface area contributed by atoms with Gasteiger partial charge in [0.2, 0.25) is 11.8 Å². The van der Waals surface area contributed by atoms with Crippen LogP contribution in [-0.4, -0.2) is 37.8 Å². The van der Waals surface area contributed by atoms with Gasteiger partial charge in [-0.1, -0.05) is 71.7 Å². The number of hydroxylamine groups is 1. The van der Waals surface area contributed by atoms with Gasteiger partial charge in [0.25, 0.3) is 0 Å². The average Bonchev–Trinajstić information content (AvgIpc) is 3.28. The summed E-state index contributed by atoms with van der Waals surface area (Å²) in [6.45, 7) is 0.738. The quantitative estimate of drug-likeness (QED) is 0.198. The SMILES string of the molecule is O=C(CCCC(=O)NCc1ccc(C2OC(Cn3cnc(Cl)c3Cl)CC(c3ccc(CO)cc3)O2)cc1)NO. The molecule has 2 heterocycles. The van der Waals surface area contributed by atoms with Crippen molar-refractivity contribution in [2.24, 2.45) is 0 Å². The Bertz CT molecular complexity index is 1250. The first-order chi connectivity index (χ1) is 18.9. The largest absolute Gasteiger partial charge is 0.392 e. The van der Waals surface area contributed by atoms with Gasteiger partial charge in [0.1, 0.15) is 5.15 Å². The van der Waals surface area contributed by atoms with Crippen molar-refractivity contribution in [1.82, 2.24) is 20.3 Å². The number of aliphatic hydroxyl groups excluding tert-OH is 1. The molecule has 0 bridgehead atoms. The van der Waals surface area contributed by atoms with E-state index in [4.69, 9.17) is 37.9 Å². The third kappa shape index (κ3) is 8.01. The van der Waals surface area contributed by atoms with Crippen LogP contribution in [0.5, 0.6) is 0 Å². The molecule has 4 rings (SSSR count). The number of nitrogens with one attached hydrogen (secondary N) is 2. The van der Waals surface area contributed by atoms with Gasteiger partial charge in [-0.2, -0.15) is 0 Å². The zero-order valence-electron chi connectivity index (χ0n) is 21.1. The second-order valence-electron chi connectivity index (χ2n) is 9.24. The van der Waals surface area contributed by atoms with Crippen LogP contribution in [0.3, 0.4) is 0 Å². The van der Waals surface area contributed by atoms with Gasteiger partial charge in [0, 0.05) is 31.4 Å². The standard InChI is InChI=1S/C27H30Cl2N4O6/c28-25-26(29)33(16-31-25)14-21-12-22(19-8-6-18(15-34)7-9-19)39-27(38-21)20-10-4-17(5-11-20)13-30-23(35)2-1-3-24(36)32-37/h4-11,16,21-22,27,34,37H,1-3,12-15H2,(H,30,35)(H,32,36). The molecule has 1 aromatic heterocycles. The number of hydrogen-bond acceptors (Lipinski definition) is 7. The summed E-state index contributed by atoms with van der Waals surface area (Å²) in [4.78, 5) is 27.1. The zero-order chi connectivity index (χ0) is 27.8. The van der Waals surface area contributed by atoms with E-state index in [-0.39, 0.29) is 42.7 Å². The first kappa shape index (κ1) is 29.0. The minimum Gasteiger partial charge on any atom is -0.392 e. The number of benzene rings is 2. The predicted molar refractivity (Wildman–Crippen MR) is 143 cm³/mol. The van der Waals surface area contributed by atoms with E-state index in [1.807, 2.05) is 48.5 Å². The molecule has 1 aliphatic rings. The minimum absolute atomic E-state index is 0.0340. The zero-order valence-corrected chi connectivity index (χ0v) is 22.6. The lowest BCUT2D eigenvalue weighted by Crippen LogP contribution is -2.32. The van der Waals surface area contributed by atoms with E-state index in [1.165, 1.54) is 0 Å². The fourth-order valence-electron chi connectivity index (χ4n) is 4.27. The van der Waals surface area contributed by atoms with E-state index in [1.54, 1.807) is 16.4 Å². The molecular weight excluding hydrogens is 547 g/mol. The van der Waals surface area contributed by atoms with Gasteiger partial charge in [-0.15, -0.1) is 0 Å². The lowest BCUT2D eigenvalue weighted by Gasteiger charge is -2.36. The number of nitrogens with zero attached hydrogens (tertiary/aromatic N) is 2. The highest BCUT2D eigenvalue weighted by Crippen LogP contribution is 2.39. The molecule has 1 fully saturated rings. The Morgan fingerprint density at radius 2 is 1.64 bits per heavy atom. The number of amides is 2. The monoisotopic (exact) mass is 576 g/mol. The van der Waals surface area contributed by atoms with Crippen LogP contribution in [0.2, 0.25) is 10.3 Å². The van der Waals surface area contributed by atoms with Crippen molar-refractivity contribution in [3.63, 3.8) is 0 Å². The summed E-state index contributed by atoms with van der Waals surface area (Å²) in [5, 5.41) is 21.3. The van der Waals surface area contributed by atoms with Crippen LogP contribution in [0.15, 0.2) is 54.9 Å². The molecule has 3 aromatic rings. The van der Waals surface area contributed by atoms with E-state index in [2.05, 4.69) is 10.3 Å². The van der Waals surface area contributed by atoms with E-state index in [9.17, 15) is 14.7 Å². The first-order valence-electron chi connectivity index (χ1n) is 12.5. The average molecular weight is 577 g/mol. The summed E-state index contributed by atoms with van der Waals surface area (Å²) in [7, 11) is 0. The van der Waals surface area contributed by atoms with Crippen LogP contribution in [0.25, 0.3) is 0 Å². The van der Waals surface area contributed by atoms with E-state index in [0.29, 0.717) is 31.1 Å². The Morgan fingerprint density at radius 1 is 0.974 bits per heavy atom. The number of rotatable bonds is 11. The topological polar surface area (TPSA) is 135 Å². The molecule has 2 amide bonds. The van der Waals surface area contributed by atoms with Crippen LogP contribution in [0.4, 0.5) is 0 Å². The molecule has 3 atom stereocenters. The number of hydrogen-bond donors (Lipinski definition) is 4. The summed E-state index contributed by atoms with van der Waals surface area (Å²) in [6, 6.07) is 15.2. The fourth-order valence-corrected chi connectivity index (χ4v) is 4.58. The molecule has 0 saturated carbocycles. The smallest absolute Gasteiger partial charge is 0.243 e. The first-order valence-corrected chi connectivity index (χ1v) is 13.3. The number of halogens is 2. The lowest BCUT2D eigenvalue weighted by atomic mass is 10.00. The Balaban J connectivity index is 1.42.